The van der Waals surface area contributed by atoms with Crippen molar-refractivity contribution in [2.75, 3.05) is 12.3 Å². The molecule has 4 aromatic heterocycles. The van der Waals surface area contributed by atoms with Crippen LogP contribution in [-0.2, 0) is 0 Å². The van der Waals surface area contributed by atoms with Crippen molar-refractivity contribution in [1.29, 1.82) is 5.26 Å². The van der Waals surface area contributed by atoms with Crippen molar-refractivity contribution in [1.82, 2.24) is 29.8 Å². The second-order valence-electron chi connectivity index (χ2n) is 9.92. The Labute approximate surface area is 255 Å². The number of benzene rings is 2. The number of nitriles is 1. The number of hydrogen-bond donors (Lipinski definition) is 3. The van der Waals surface area contributed by atoms with Crippen LogP contribution in [0.4, 0.5) is 5.82 Å². The highest BCUT2D eigenvalue weighted by atomic mass is 16.3. The number of anilines is 1. The fraction of sp³-hybridized carbons (Fsp3) is 0.0909. The summed E-state index contributed by atoms with van der Waals surface area (Å²) in [6.45, 7) is 1.76. The summed E-state index contributed by atoms with van der Waals surface area (Å²) in [5.74, 6) is 4.93. The Morgan fingerprint density at radius 3 is 2.67 bits per heavy atom. The number of nitrogens with one attached hydrogen (secondary N) is 2. The van der Waals surface area contributed by atoms with Crippen LogP contribution < -0.4 is 21.9 Å². The van der Waals surface area contributed by atoms with Crippen LogP contribution in [0.15, 0.2) is 94.4 Å². The number of pyridine rings is 1. The first kappa shape index (κ1) is 28.5. The average Bonchev–Trinajstić information content (AvgIpc) is 3.67. The molecule has 12 nitrogen and oxygen atoms in total. The maximum absolute atomic E-state index is 14.2. The molecule has 12 heteroatoms. The summed E-state index contributed by atoms with van der Waals surface area (Å²) in [7, 11) is 0. The number of hydrogen-bond acceptors (Lipinski definition) is 8. The first-order valence-corrected chi connectivity index (χ1v) is 13.8. The Kier molecular flexibility index (Phi) is 7.53. The summed E-state index contributed by atoms with van der Waals surface area (Å²) in [5.41, 5.74) is 7.78. The normalized spacial score (nSPS) is 11.4. The SMILES string of the molecule is C[C@H](NC(=O)c1c(N)nn2cccnc12)c1cc2cccc(C#CCNC(=O)c3ccc(C#N)o3)c2c(=O)n1-c1ccccc1. The second-order valence-corrected chi connectivity index (χ2v) is 9.92. The van der Waals surface area contributed by atoms with Gasteiger partial charge in [0.25, 0.3) is 17.4 Å². The molecule has 6 rings (SSSR count). The summed E-state index contributed by atoms with van der Waals surface area (Å²) in [4.78, 5) is 44.2. The number of nitrogens with two attached hydrogens (primary N) is 1. The standard InChI is InChI=1S/C33H24N8O4/c1-20(38-32(43)28-29(35)39-40-17-7-16-36-30(28)40)25-18-22-9-5-8-21(27(22)33(44)41(25)23-11-3-2-4-12-23)10-6-15-37-31(42)26-14-13-24(19-34)45-26/h2-5,7-9,11-14,16-18,20H,15H2,1H3,(H2,35,39)(H,37,42)(H,38,43)/t20-/m0/s1. The van der Waals surface area contributed by atoms with E-state index in [1.807, 2.05) is 30.3 Å². The number of carbonyl (C=O) groups excluding carboxylic acids is 2. The monoisotopic (exact) mass is 596 g/mol. The van der Waals surface area contributed by atoms with Gasteiger partial charge in [0.05, 0.1) is 18.0 Å². The number of amides is 2. The van der Waals surface area contributed by atoms with Gasteiger partial charge in [-0.3, -0.25) is 19.0 Å². The van der Waals surface area contributed by atoms with Gasteiger partial charge in [-0.25, -0.2) is 9.50 Å². The number of carbonyl (C=O) groups is 2. The molecule has 0 bridgehead atoms. The van der Waals surface area contributed by atoms with Crippen LogP contribution in [-0.4, -0.2) is 37.5 Å². The van der Waals surface area contributed by atoms with Crippen molar-refractivity contribution in [2.45, 2.75) is 13.0 Å². The van der Waals surface area contributed by atoms with Gasteiger partial charge in [0.15, 0.2) is 17.2 Å². The third-order valence-electron chi connectivity index (χ3n) is 7.03. The molecule has 0 aliphatic heterocycles. The Morgan fingerprint density at radius 2 is 1.89 bits per heavy atom. The van der Waals surface area contributed by atoms with Gasteiger partial charge in [-0.05, 0) is 54.8 Å². The molecule has 4 heterocycles. The zero-order valence-electron chi connectivity index (χ0n) is 23.8. The lowest BCUT2D eigenvalue weighted by Gasteiger charge is -2.21. The predicted octanol–water partition coefficient (Wildman–Crippen LogP) is 3.35. The van der Waals surface area contributed by atoms with Crippen molar-refractivity contribution >= 4 is 34.1 Å². The van der Waals surface area contributed by atoms with E-state index in [1.54, 1.807) is 60.3 Å². The van der Waals surface area contributed by atoms with Gasteiger partial charge in [-0.15, -0.1) is 5.10 Å². The molecule has 1 atom stereocenters. The summed E-state index contributed by atoms with van der Waals surface area (Å²) in [6, 6.07) is 21.9. The van der Waals surface area contributed by atoms with Crippen LogP contribution in [0, 0.1) is 23.2 Å². The van der Waals surface area contributed by atoms with E-state index >= 15 is 0 Å². The molecule has 0 unspecified atom stereocenters. The first-order chi connectivity index (χ1) is 21.9. The quantitative estimate of drug-likeness (QED) is 0.246. The fourth-order valence-electron chi connectivity index (χ4n) is 4.98. The van der Waals surface area contributed by atoms with E-state index in [0.29, 0.717) is 33.4 Å². The molecular weight excluding hydrogens is 572 g/mol. The predicted molar refractivity (Wildman–Crippen MR) is 165 cm³/mol. The maximum Gasteiger partial charge on any atom is 0.287 e. The van der Waals surface area contributed by atoms with Gasteiger partial charge in [-0.2, -0.15) is 5.26 Å². The van der Waals surface area contributed by atoms with E-state index in [1.165, 1.54) is 16.6 Å². The minimum Gasteiger partial charge on any atom is -0.440 e. The summed E-state index contributed by atoms with van der Waals surface area (Å²) >= 11 is 0. The number of nitrogen functional groups attached to an aromatic ring is 1. The molecule has 0 saturated heterocycles. The molecule has 45 heavy (non-hydrogen) atoms. The van der Waals surface area contributed by atoms with Crippen molar-refractivity contribution in [3.05, 3.63) is 124 Å². The van der Waals surface area contributed by atoms with Gasteiger partial charge in [0.1, 0.15) is 11.6 Å². The van der Waals surface area contributed by atoms with Gasteiger partial charge < -0.3 is 20.8 Å². The summed E-state index contributed by atoms with van der Waals surface area (Å²) < 4.78 is 8.11. The van der Waals surface area contributed by atoms with E-state index in [2.05, 4.69) is 32.6 Å². The molecule has 0 aliphatic carbocycles. The number of furan rings is 1. The van der Waals surface area contributed by atoms with Crippen molar-refractivity contribution in [3.8, 4) is 23.6 Å². The summed E-state index contributed by atoms with van der Waals surface area (Å²) in [6.07, 6.45) is 3.19. The topological polar surface area (TPSA) is 173 Å². The highest BCUT2D eigenvalue weighted by molar-refractivity contribution is 6.04. The molecule has 0 aliphatic rings. The smallest absolute Gasteiger partial charge is 0.287 e. The molecule has 0 saturated carbocycles. The van der Waals surface area contributed by atoms with E-state index in [9.17, 15) is 14.4 Å². The zero-order valence-corrected chi connectivity index (χ0v) is 23.8. The van der Waals surface area contributed by atoms with E-state index in [-0.39, 0.29) is 35.0 Å². The molecular formula is C33H24N8O4. The number of aromatic nitrogens is 4. The molecule has 4 N–H and O–H groups in total. The summed E-state index contributed by atoms with van der Waals surface area (Å²) in [5, 5.41) is 19.6. The number of nitrogens with zero attached hydrogens (tertiary/aromatic N) is 5. The largest absolute Gasteiger partial charge is 0.440 e. The average molecular weight is 597 g/mol. The third kappa shape index (κ3) is 5.47. The highest BCUT2D eigenvalue weighted by Gasteiger charge is 2.24. The van der Waals surface area contributed by atoms with Crippen LogP contribution >= 0.6 is 0 Å². The second kappa shape index (κ2) is 11.9. The lowest BCUT2D eigenvalue weighted by Crippen LogP contribution is -2.32. The minimum atomic E-state index is -0.638. The molecule has 2 amide bonds. The van der Waals surface area contributed by atoms with Gasteiger partial charge in [-0.1, -0.05) is 42.2 Å². The zero-order chi connectivity index (χ0) is 31.5. The first-order valence-electron chi connectivity index (χ1n) is 13.8. The molecule has 2 aromatic carbocycles. The third-order valence-corrected chi connectivity index (χ3v) is 7.03. The Balaban J connectivity index is 1.35. The maximum atomic E-state index is 14.2. The van der Waals surface area contributed by atoms with E-state index < -0.39 is 17.9 Å². The molecule has 220 valence electrons. The molecule has 6 aromatic rings. The van der Waals surface area contributed by atoms with Gasteiger partial charge >= 0.3 is 0 Å². The van der Waals surface area contributed by atoms with Crippen LogP contribution in [0.1, 0.15) is 50.9 Å². The van der Waals surface area contributed by atoms with Crippen molar-refractivity contribution < 1.29 is 14.0 Å². The highest BCUT2D eigenvalue weighted by Crippen LogP contribution is 2.24. The van der Waals surface area contributed by atoms with E-state index in [0.717, 1.165) is 0 Å². The van der Waals surface area contributed by atoms with Crippen LogP contribution in [0.5, 0.6) is 0 Å². The Morgan fingerprint density at radius 1 is 1.07 bits per heavy atom. The number of fused-ring (bicyclic) bond motifs is 2. The van der Waals surface area contributed by atoms with Crippen LogP contribution in [0.2, 0.25) is 0 Å². The lowest BCUT2D eigenvalue weighted by atomic mass is 10.0. The molecule has 0 spiro atoms. The van der Waals surface area contributed by atoms with Crippen LogP contribution in [0.25, 0.3) is 22.1 Å². The number of para-hydroxylation sites is 1. The van der Waals surface area contributed by atoms with E-state index in [4.69, 9.17) is 15.4 Å². The van der Waals surface area contributed by atoms with Crippen LogP contribution in [0.3, 0.4) is 0 Å². The molecule has 0 fully saturated rings. The minimum absolute atomic E-state index is 0.00136. The Hall–Kier alpha value is -6.66. The van der Waals surface area contributed by atoms with Gasteiger partial charge in [0.2, 0.25) is 5.76 Å². The fourth-order valence-corrected chi connectivity index (χ4v) is 4.98. The Bertz CT molecular complexity index is 2270. The molecule has 0 radical (unpaired) electrons. The number of rotatable bonds is 6. The lowest BCUT2D eigenvalue weighted by molar-refractivity contribution is 0.0926. The van der Waals surface area contributed by atoms with Crippen molar-refractivity contribution in [3.63, 3.8) is 0 Å². The van der Waals surface area contributed by atoms with Gasteiger partial charge in [0, 0.05) is 29.3 Å². The van der Waals surface area contributed by atoms with Crippen molar-refractivity contribution in [2.24, 2.45) is 0 Å².